The number of ketones is 1. The Morgan fingerprint density at radius 2 is 1.87 bits per heavy atom. The number of aryl methyl sites for hydroxylation is 1. The molecule has 2 heteroatoms. The average Bonchev–Trinajstić information content (AvgIpc) is 2.16. The van der Waals surface area contributed by atoms with Crippen molar-refractivity contribution >= 4 is 5.78 Å². The van der Waals surface area contributed by atoms with Crippen LogP contribution in [-0.4, -0.2) is 12.9 Å². The summed E-state index contributed by atoms with van der Waals surface area (Å²) in [5.74, 6) is 0.908. The van der Waals surface area contributed by atoms with Crippen LogP contribution in [0.25, 0.3) is 0 Å². The quantitative estimate of drug-likeness (QED) is 0.694. The second-order valence-corrected chi connectivity index (χ2v) is 4.76. The highest BCUT2D eigenvalue weighted by atomic mass is 16.5. The maximum atomic E-state index is 12.0. The summed E-state index contributed by atoms with van der Waals surface area (Å²) < 4.78 is 5.20. The maximum Gasteiger partial charge on any atom is 0.168 e. The van der Waals surface area contributed by atoms with Crippen molar-refractivity contribution < 1.29 is 9.53 Å². The first kappa shape index (κ1) is 11.8. The molecule has 0 radical (unpaired) electrons. The fourth-order valence-corrected chi connectivity index (χ4v) is 1.39. The SMILES string of the molecule is COc1cc(C(=O)C(C)(C)C)ccc1C. The number of rotatable bonds is 2. The van der Waals surface area contributed by atoms with Gasteiger partial charge in [0, 0.05) is 11.0 Å². The summed E-state index contributed by atoms with van der Waals surface area (Å²) in [7, 11) is 1.62. The number of carbonyl (C=O) groups excluding carboxylic acids is 1. The summed E-state index contributed by atoms with van der Waals surface area (Å²) in [5.41, 5.74) is 1.41. The number of methoxy groups -OCH3 is 1. The Morgan fingerprint density at radius 3 is 2.33 bits per heavy atom. The van der Waals surface area contributed by atoms with Crippen molar-refractivity contribution in [1.82, 2.24) is 0 Å². The maximum absolute atomic E-state index is 12.0. The fraction of sp³-hybridized carbons (Fsp3) is 0.462. The lowest BCUT2D eigenvalue weighted by atomic mass is 9.86. The molecule has 0 fully saturated rings. The Hall–Kier alpha value is -1.31. The molecule has 0 aliphatic heterocycles. The van der Waals surface area contributed by atoms with Crippen molar-refractivity contribution in [1.29, 1.82) is 0 Å². The fourth-order valence-electron chi connectivity index (χ4n) is 1.39. The van der Waals surface area contributed by atoms with Crippen molar-refractivity contribution in [2.75, 3.05) is 7.11 Å². The standard InChI is InChI=1S/C13H18O2/c1-9-6-7-10(8-11(9)15-5)12(14)13(2,3)4/h6-8H,1-5H3. The average molecular weight is 206 g/mol. The summed E-state index contributed by atoms with van der Waals surface area (Å²) in [4.78, 5) is 12.0. The van der Waals surface area contributed by atoms with Crippen LogP contribution in [0.15, 0.2) is 18.2 Å². The molecule has 0 heterocycles. The first-order chi connectivity index (χ1) is 6.86. The Bertz CT molecular complexity index is 373. The molecule has 0 aliphatic carbocycles. The summed E-state index contributed by atoms with van der Waals surface area (Å²) in [5, 5.41) is 0. The van der Waals surface area contributed by atoms with Crippen LogP contribution in [0.4, 0.5) is 0 Å². The van der Waals surface area contributed by atoms with Gasteiger partial charge in [-0.3, -0.25) is 4.79 Å². The van der Waals surface area contributed by atoms with E-state index in [-0.39, 0.29) is 11.2 Å². The highest BCUT2D eigenvalue weighted by molar-refractivity contribution is 6.00. The molecule has 0 aliphatic rings. The van der Waals surface area contributed by atoms with Crippen molar-refractivity contribution in [3.05, 3.63) is 29.3 Å². The lowest BCUT2D eigenvalue weighted by Crippen LogP contribution is -2.20. The summed E-state index contributed by atoms with van der Waals surface area (Å²) >= 11 is 0. The lowest BCUT2D eigenvalue weighted by molar-refractivity contribution is 0.0858. The second-order valence-electron chi connectivity index (χ2n) is 4.76. The molecule has 15 heavy (non-hydrogen) atoms. The molecule has 0 bridgehead atoms. The van der Waals surface area contributed by atoms with Gasteiger partial charge < -0.3 is 4.74 Å². The van der Waals surface area contributed by atoms with E-state index < -0.39 is 0 Å². The molecule has 0 amide bonds. The van der Waals surface area contributed by atoms with Gasteiger partial charge in [0.15, 0.2) is 5.78 Å². The summed E-state index contributed by atoms with van der Waals surface area (Å²) in [6.45, 7) is 7.72. The molecular formula is C13H18O2. The molecule has 0 N–H and O–H groups in total. The third-order valence-electron chi connectivity index (χ3n) is 2.35. The van der Waals surface area contributed by atoms with Crippen LogP contribution in [0.2, 0.25) is 0 Å². The molecule has 2 nitrogen and oxygen atoms in total. The number of hydrogen-bond acceptors (Lipinski definition) is 2. The van der Waals surface area contributed by atoms with Crippen LogP contribution in [0.3, 0.4) is 0 Å². The van der Waals surface area contributed by atoms with Gasteiger partial charge in [-0.1, -0.05) is 32.9 Å². The zero-order valence-electron chi connectivity index (χ0n) is 10.0. The Kier molecular flexibility index (Phi) is 3.18. The zero-order chi connectivity index (χ0) is 11.6. The van der Waals surface area contributed by atoms with Crippen LogP contribution >= 0.6 is 0 Å². The van der Waals surface area contributed by atoms with Gasteiger partial charge in [0.2, 0.25) is 0 Å². The highest BCUT2D eigenvalue weighted by Crippen LogP contribution is 2.25. The van der Waals surface area contributed by atoms with Crippen LogP contribution in [0.5, 0.6) is 5.75 Å². The molecule has 0 unspecified atom stereocenters. The summed E-state index contributed by atoms with van der Waals surface area (Å²) in [6.07, 6.45) is 0. The number of Topliss-reactive ketones (excluding diaryl/α,β-unsaturated/α-hetero) is 1. The van der Waals surface area contributed by atoms with Gasteiger partial charge in [-0.05, 0) is 18.6 Å². The first-order valence-electron chi connectivity index (χ1n) is 5.05. The third kappa shape index (κ3) is 2.58. The van der Waals surface area contributed by atoms with Crippen molar-refractivity contribution in [2.24, 2.45) is 5.41 Å². The number of carbonyl (C=O) groups is 1. The third-order valence-corrected chi connectivity index (χ3v) is 2.35. The van der Waals surface area contributed by atoms with E-state index in [4.69, 9.17) is 4.74 Å². The number of hydrogen-bond donors (Lipinski definition) is 0. The molecule has 1 aromatic carbocycles. The summed E-state index contributed by atoms with van der Waals surface area (Å²) in [6, 6.07) is 5.58. The van der Waals surface area contributed by atoms with Crippen LogP contribution < -0.4 is 4.74 Å². The molecule has 0 aromatic heterocycles. The topological polar surface area (TPSA) is 26.3 Å². The predicted octanol–water partition coefficient (Wildman–Crippen LogP) is 3.23. The Balaban J connectivity index is 3.12. The van der Waals surface area contributed by atoms with Gasteiger partial charge >= 0.3 is 0 Å². The highest BCUT2D eigenvalue weighted by Gasteiger charge is 2.23. The van der Waals surface area contributed by atoms with Crippen molar-refractivity contribution in [3.8, 4) is 5.75 Å². The van der Waals surface area contributed by atoms with Crippen LogP contribution in [-0.2, 0) is 0 Å². The van der Waals surface area contributed by atoms with E-state index in [2.05, 4.69) is 0 Å². The number of benzene rings is 1. The Labute approximate surface area is 91.3 Å². The normalized spacial score (nSPS) is 11.3. The first-order valence-corrected chi connectivity index (χ1v) is 5.05. The van der Waals surface area contributed by atoms with E-state index in [1.807, 2.05) is 45.9 Å². The molecule has 0 saturated heterocycles. The second kappa shape index (κ2) is 4.05. The largest absolute Gasteiger partial charge is 0.496 e. The van der Waals surface area contributed by atoms with E-state index in [0.29, 0.717) is 5.56 Å². The predicted molar refractivity (Wildman–Crippen MR) is 61.5 cm³/mol. The van der Waals surface area contributed by atoms with Gasteiger partial charge in [0.1, 0.15) is 5.75 Å². The molecule has 0 spiro atoms. The van der Waals surface area contributed by atoms with Gasteiger partial charge in [-0.25, -0.2) is 0 Å². The van der Waals surface area contributed by atoms with Gasteiger partial charge in [0.25, 0.3) is 0 Å². The van der Waals surface area contributed by atoms with Crippen molar-refractivity contribution in [3.63, 3.8) is 0 Å². The van der Waals surface area contributed by atoms with Gasteiger partial charge in [-0.2, -0.15) is 0 Å². The minimum absolute atomic E-state index is 0.140. The lowest BCUT2D eigenvalue weighted by Gasteiger charge is -2.17. The Morgan fingerprint density at radius 1 is 1.27 bits per heavy atom. The number of ether oxygens (including phenoxy) is 1. The monoisotopic (exact) mass is 206 g/mol. The molecule has 0 saturated carbocycles. The van der Waals surface area contributed by atoms with E-state index in [9.17, 15) is 4.79 Å². The van der Waals surface area contributed by atoms with Crippen molar-refractivity contribution in [2.45, 2.75) is 27.7 Å². The smallest absolute Gasteiger partial charge is 0.168 e. The molecule has 1 aromatic rings. The van der Waals surface area contributed by atoms with Gasteiger partial charge in [-0.15, -0.1) is 0 Å². The minimum Gasteiger partial charge on any atom is -0.496 e. The molecule has 1 rings (SSSR count). The zero-order valence-corrected chi connectivity index (χ0v) is 10.0. The molecular weight excluding hydrogens is 188 g/mol. The van der Waals surface area contributed by atoms with E-state index in [1.165, 1.54) is 0 Å². The van der Waals surface area contributed by atoms with Crippen LogP contribution in [0.1, 0.15) is 36.7 Å². The van der Waals surface area contributed by atoms with E-state index in [1.54, 1.807) is 7.11 Å². The molecule has 0 atom stereocenters. The van der Waals surface area contributed by atoms with E-state index >= 15 is 0 Å². The molecule has 82 valence electrons. The van der Waals surface area contributed by atoms with Gasteiger partial charge in [0.05, 0.1) is 7.11 Å². The van der Waals surface area contributed by atoms with E-state index in [0.717, 1.165) is 11.3 Å². The van der Waals surface area contributed by atoms with Crippen LogP contribution in [0, 0.1) is 12.3 Å². The minimum atomic E-state index is -0.347.